The minimum Gasteiger partial charge on any atom is -0.320 e. The van der Waals surface area contributed by atoms with E-state index in [1.165, 1.54) is 17.1 Å². The second-order valence-corrected chi connectivity index (χ2v) is 10.5. The van der Waals surface area contributed by atoms with Crippen molar-refractivity contribution >= 4 is 38.3 Å². The zero-order valence-corrected chi connectivity index (χ0v) is 20.0. The van der Waals surface area contributed by atoms with Gasteiger partial charge in [-0.1, -0.05) is 12.1 Å². The number of hydrogen-bond acceptors (Lipinski definition) is 6. The van der Waals surface area contributed by atoms with E-state index in [-0.39, 0.29) is 16.5 Å². The molecule has 4 heterocycles. The van der Waals surface area contributed by atoms with Crippen LogP contribution in [0.2, 0.25) is 0 Å². The molecular formula is C22H24N8O3S. The fourth-order valence-corrected chi connectivity index (χ4v) is 4.99. The molecule has 2 amide bonds. The van der Waals surface area contributed by atoms with Crippen LogP contribution >= 0.6 is 0 Å². The van der Waals surface area contributed by atoms with E-state index in [1.807, 2.05) is 19.9 Å². The Labute approximate surface area is 196 Å². The molecule has 11 nitrogen and oxygen atoms in total. The summed E-state index contributed by atoms with van der Waals surface area (Å²) in [5.41, 5.74) is 1.45. The monoisotopic (exact) mass is 480 g/mol. The molecule has 1 aliphatic heterocycles. The molecule has 1 fully saturated rings. The van der Waals surface area contributed by atoms with Gasteiger partial charge < -0.3 is 4.90 Å². The van der Waals surface area contributed by atoms with E-state index in [9.17, 15) is 13.2 Å². The van der Waals surface area contributed by atoms with Crippen LogP contribution in [0.15, 0.2) is 60.0 Å². The number of hydrogen-bond donors (Lipinski definition) is 1. The minimum atomic E-state index is -3.92. The van der Waals surface area contributed by atoms with E-state index >= 15 is 0 Å². The number of carbonyl (C=O) groups is 1. The molecule has 5 rings (SSSR count). The van der Waals surface area contributed by atoms with E-state index in [0.717, 1.165) is 5.39 Å². The van der Waals surface area contributed by atoms with Crippen LogP contribution in [0, 0.1) is 0 Å². The number of amides is 2. The predicted octanol–water partition coefficient (Wildman–Crippen LogP) is 2.61. The first-order chi connectivity index (χ1) is 16.1. The van der Waals surface area contributed by atoms with Crippen LogP contribution in [0.3, 0.4) is 0 Å². The Hall–Kier alpha value is -3.93. The van der Waals surface area contributed by atoms with Crippen LogP contribution in [-0.4, -0.2) is 63.0 Å². The Balaban J connectivity index is 1.43. The summed E-state index contributed by atoms with van der Waals surface area (Å²) in [6.45, 7) is 4.52. The smallest absolute Gasteiger partial charge is 0.320 e. The molecule has 0 saturated carbocycles. The summed E-state index contributed by atoms with van der Waals surface area (Å²) in [5.74, 6) is 0.396. The number of sulfonamides is 1. The van der Waals surface area contributed by atoms with Crippen molar-refractivity contribution in [2.45, 2.75) is 24.3 Å². The quantitative estimate of drug-likeness (QED) is 0.469. The van der Waals surface area contributed by atoms with Gasteiger partial charge in [0.15, 0.2) is 5.82 Å². The highest BCUT2D eigenvalue weighted by Gasteiger charge is 2.41. The van der Waals surface area contributed by atoms with Gasteiger partial charge in [-0.25, -0.2) is 22.9 Å². The second-order valence-electron chi connectivity index (χ2n) is 8.85. The van der Waals surface area contributed by atoms with E-state index < -0.39 is 10.0 Å². The molecule has 4 aromatic rings. The number of aryl methyl sites for hydroxylation is 1. The van der Waals surface area contributed by atoms with Crippen LogP contribution < -0.4 is 9.62 Å². The Morgan fingerprint density at radius 1 is 1.09 bits per heavy atom. The van der Waals surface area contributed by atoms with Crippen molar-refractivity contribution in [1.82, 2.24) is 29.4 Å². The molecule has 1 N–H and O–H groups in total. The fourth-order valence-electron chi connectivity index (χ4n) is 3.99. The lowest BCUT2D eigenvalue weighted by Crippen LogP contribution is -2.38. The van der Waals surface area contributed by atoms with Crippen LogP contribution in [0.25, 0.3) is 16.7 Å². The van der Waals surface area contributed by atoms with Crippen molar-refractivity contribution in [3.05, 3.63) is 55.1 Å². The molecule has 0 bridgehead atoms. The largest absolute Gasteiger partial charge is 0.324 e. The number of nitrogens with zero attached hydrogens (tertiary/aromatic N) is 7. The third kappa shape index (κ3) is 3.55. The molecule has 12 heteroatoms. The average Bonchev–Trinajstić information content (AvgIpc) is 3.49. The molecule has 34 heavy (non-hydrogen) atoms. The lowest BCUT2D eigenvalue weighted by Gasteiger charge is -2.24. The number of para-hydroxylation sites is 1. The van der Waals surface area contributed by atoms with Crippen molar-refractivity contribution in [1.29, 1.82) is 0 Å². The third-order valence-corrected chi connectivity index (χ3v) is 7.44. The Bertz CT molecular complexity index is 1520. The van der Waals surface area contributed by atoms with E-state index in [4.69, 9.17) is 0 Å². The highest BCUT2D eigenvalue weighted by Crippen LogP contribution is 2.30. The molecule has 0 radical (unpaired) electrons. The van der Waals surface area contributed by atoms with Crippen molar-refractivity contribution in [2.24, 2.45) is 7.05 Å². The molecule has 0 atom stereocenters. The second kappa shape index (κ2) is 7.55. The lowest BCUT2D eigenvalue weighted by atomic mass is 10.1. The maximum absolute atomic E-state index is 13.1. The number of anilines is 2. The number of rotatable bonds is 5. The van der Waals surface area contributed by atoms with E-state index in [1.54, 1.807) is 65.2 Å². The summed E-state index contributed by atoms with van der Waals surface area (Å²) in [7, 11) is -0.395. The zero-order valence-electron chi connectivity index (χ0n) is 19.2. The first-order valence-corrected chi connectivity index (χ1v) is 12.1. The number of urea groups is 1. The van der Waals surface area contributed by atoms with Gasteiger partial charge in [-0.3, -0.25) is 14.3 Å². The lowest BCUT2D eigenvalue weighted by molar-refractivity contribution is 0.198. The van der Waals surface area contributed by atoms with Crippen molar-refractivity contribution in [3.63, 3.8) is 0 Å². The Kier molecular flexibility index (Phi) is 4.86. The summed E-state index contributed by atoms with van der Waals surface area (Å²) in [4.78, 5) is 20.3. The summed E-state index contributed by atoms with van der Waals surface area (Å²) in [6, 6.07) is 8.65. The highest BCUT2D eigenvalue weighted by molar-refractivity contribution is 7.92. The molecule has 1 aliphatic rings. The van der Waals surface area contributed by atoms with Crippen molar-refractivity contribution < 1.29 is 13.2 Å². The number of nitrogens with one attached hydrogen (secondary N) is 1. The highest BCUT2D eigenvalue weighted by atomic mass is 32.2. The van der Waals surface area contributed by atoms with Crippen LogP contribution in [0.1, 0.15) is 13.8 Å². The van der Waals surface area contributed by atoms with Gasteiger partial charge in [0, 0.05) is 31.7 Å². The third-order valence-electron chi connectivity index (χ3n) is 6.12. The number of benzene rings is 1. The minimum absolute atomic E-state index is 0.0167. The maximum atomic E-state index is 13.1. The van der Waals surface area contributed by atoms with E-state index in [0.29, 0.717) is 29.3 Å². The normalized spacial score (nSPS) is 15.9. The summed E-state index contributed by atoms with van der Waals surface area (Å²) < 4.78 is 31.8. The van der Waals surface area contributed by atoms with Crippen LogP contribution in [0.4, 0.5) is 16.2 Å². The number of aromatic nitrogens is 5. The van der Waals surface area contributed by atoms with E-state index in [2.05, 4.69) is 19.9 Å². The summed E-state index contributed by atoms with van der Waals surface area (Å²) >= 11 is 0. The van der Waals surface area contributed by atoms with Gasteiger partial charge in [0.2, 0.25) is 0 Å². The van der Waals surface area contributed by atoms with Gasteiger partial charge in [0.05, 0.1) is 47.6 Å². The first-order valence-electron chi connectivity index (χ1n) is 10.6. The maximum Gasteiger partial charge on any atom is 0.324 e. The van der Waals surface area contributed by atoms with Gasteiger partial charge >= 0.3 is 6.03 Å². The predicted molar refractivity (Wildman–Crippen MR) is 127 cm³/mol. The molecule has 0 unspecified atom stereocenters. The van der Waals surface area contributed by atoms with Crippen molar-refractivity contribution in [3.8, 4) is 5.82 Å². The van der Waals surface area contributed by atoms with Gasteiger partial charge in [0.25, 0.3) is 10.0 Å². The molecular weight excluding hydrogens is 456 g/mol. The van der Waals surface area contributed by atoms with Gasteiger partial charge in [-0.15, -0.1) is 0 Å². The molecule has 1 aromatic carbocycles. The number of fused-ring (bicyclic) bond motifs is 1. The molecule has 0 spiro atoms. The fraction of sp³-hybridized carbons (Fsp3) is 0.273. The molecule has 3 aromatic heterocycles. The molecule has 0 aliphatic carbocycles. The first kappa shape index (κ1) is 21.9. The molecule has 1 saturated heterocycles. The zero-order chi connectivity index (χ0) is 24.3. The van der Waals surface area contributed by atoms with Gasteiger partial charge in [0.1, 0.15) is 4.90 Å². The Morgan fingerprint density at radius 3 is 2.62 bits per heavy atom. The summed E-state index contributed by atoms with van der Waals surface area (Å²) in [5, 5.41) is 9.21. The van der Waals surface area contributed by atoms with Crippen LogP contribution in [0.5, 0.6) is 0 Å². The topological polar surface area (TPSA) is 118 Å². The number of pyridine rings is 1. The number of carbonyl (C=O) groups excluding carboxylic acids is 1. The average molecular weight is 481 g/mol. The number of likely N-dealkylation sites (N-methyl/N-ethyl adjacent to an activating group) is 1. The standard InChI is InChI=1S/C22H24N8O3S/c1-22(2)14-29(21(31)27(22)3)16-8-9-23-19(10-16)30-13-17(12-25-30)34(32,33)26-18-7-5-6-15-11-24-28(4)20(15)18/h5-13,26H,14H2,1-4H3. The van der Waals surface area contributed by atoms with Gasteiger partial charge in [-0.05, 0) is 26.0 Å². The SMILES string of the molecule is CN1C(=O)N(c2ccnc(-n3cc(S(=O)(=O)Nc4cccc5cnn(C)c45)cn3)c2)CC1(C)C. The van der Waals surface area contributed by atoms with Gasteiger partial charge in [-0.2, -0.15) is 10.2 Å². The molecule has 176 valence electrons. The summed E-state index contributed by atoms with van der Waals surface area (Å²) in [6.07, 6.45) is 5.89. The Morgan fingerprint density at radius 2 is 1.88 bits per heavy atom. The van der Waals surface area contributed by atoms with Crippen molar-refractivity contribution in [2.75, 3.05) is 23.2 Å². The van der Waals surface area contributed by atoms with Crippen LogP contribution in [-0.2, 0) is 17.1 Å².